The van der Waals surface area contributed by atoms with E-state index in [1.165, 1.54) is 29.8 Å². The standard InChI is InChI=1S/C19H23F3N4O.HI/c1-26(14-15-6-3-2-4-7-15)13-5-12-24-18(23)25-16-8-10-17(11-9-16)27-19(20,21)22;/h2-4,6-11H,5,12-14H2,1H3,(H3,23,24,25);1H. The van der Waals surface area contributed by atoms with Gasteiger partial charge in [-0.1, -0.05) is 30.3 Å². The van der Waals surface area contributed by atoms with Crippen LogP contribution in [0.2, 0.25) is 0 Å². The normalized spacial score (nSPS) is 11.8. The minimum Gasteiger partial charge on any atom is -0.406 e. The Kier molecular flexibility index (Phi) is 10.1. The van der Waals surface area contributed by atoms with E-state index in [4.69, 9.17) is 5.73 Å². The van der Waals surface area contributed by atoms with Crippen LogP contribution >= 0.6 is 24.0 Å². The van der Waals surface area contributed by atoms with E-state index >= 15 is 0 Å². The molecule has 2 aromatic carbocycles. The maximum Gasteiger partial charge on any atom is 0.573 e. The van der Waals surface area contributed by atoms with Crippen LogP contribution in [0.3, 0.4) is 0 Å². The number of ether oxygens (including phenoxy) is 1. The summed E-state index contributed by atoms with van der Waals surface area (Å²) in [7, 11) is 2.04. The first-order valence-corrected chi connectivity index (χ1v) is 8.47. The van der Waals surface area contributed by atoms with Gasteiger partial charge in [0, 0.05) is 18.8 Å². The molecule has 0 unspecified atom stereocenters. The number of nitrogens with two attached hydrogens (primary N) is 1. The van der Waals surface area contributed by atoms with Crippen molar-refractivity contribution in [2.24, 2.45) is 10.7 Å². The average Bonchev–Trinajstić information content (AvgIpc) is 2.60. The molecule has 0 bridgehead atoms. The number of aliphatic imine (C=N–C) groups is 1. The Morgan fingerprint density at radius 2 is 1.75 bits per heavy atom. The summed E-state index contributed by atoms with van der Waals surface area (Å²) in [6, 6.07) is 15.5. The first-order chi connectivity index (χ1) is 12.8. The van der Waals surface area contributed by atoms with Crippen LogP contribution in [0, 0.1) is 0 Å². The van der Waals surface area contributed by atoms with Gasteiger partial charge in [-0.15, -0.1) is 37.1 Å². The van der Waals surface area contributed by atoms with Gasteiger partial charge in [0.15, 0.2) is 5.96 Å². The summed E-state index contributed by atoms with van der Waals surface area (Å²) in [6.07, 6.45) is -3.87. The SMILES string of the molecule is CN(CCCN=C(N)Nc1ccc(OC(F)(F)F)cc1)Cc1ccccc1.I. The van der Waals surface area contributed by atoms with Crippen LogP contribution < -0.4 is 15.8 Å². The third kappa shape index (κ3) is 9.79. The molecule has 0 spiro atoms. The fourth-order valence-corrected chi connectivity index (χ4v) is 2.44. The molecule has 0 aliphatic heterocycles. The second-order valence-electron chi connectivity index (χ2n) is 6.04. The number of nitrogens with zero attached hydrogens (tertiary/aromatic N) is 2. The van der Waals surface area contributed by atoms with Crippen LogP contribution in [-0.4, -0.2) is 37.4 Å². The maximum absolute atomic E-state index is 12.1. The number of halogens is 4. The van der Waals surface area contributed by atoms with Gasteiger partial charge < -0.3 is 20.7 Å². The summed E-state index contributed by atoms with van der Waals surface area (Å²) < 4.78 is 40.2. The zero-order valence-electron chi connectivity index (χ0n) is 15.4. The minimum atomic E-state index is -4.71. The lowest BCUT2D eigenvalue weighted by Gasteiger charge is -2.16. The predicted molar refractivity (Wildman–Crippen MR) is 116 cm³/mol. The monoisotopic (exact) mass is 508 g/mol. The van der Waals surface area contributed by atoms with Crippen molar-refractivity contribution in [3.05, 3.63) is 60.2 Å². The van der Waals surface area contributed by atoms with Gasteiger partial charge in [-0.2, -0.15) is 0 Å². The summed E-state index contributed by atoms with van der Waals surface area (Å²) in [5.74, 6) is -0.0739. The molecule has 0 aliphatic rings. The molecule has 28 heavy (non-hydrogen) atoms. The Morgan fingerprint density at radius 1 is 1.11 bits per heavy atom. The van der Waals surface area contributed by atoms with Gasteiger partial charge in [-0.3, -0.25) is 4.99 Å². The molecule has 0 aliphatic carbocycles. The smallest absolute Gasteiger partial charge is 0.406 e. The Morgan fingerprint density at radius 3 is 2.36 bits per heavy atom. The number of hydrogen-bond donors (Lipinski definition) is 2. The molecule has 0 fully saturated rings. The topological polar surface area (TPSA) is 62.9 Å². The van der Waals surface area contributed by atoms with Crippen molar-refractivity contribution in [3.8, 4) is 5.75 Å². The molecule has 2 rings (SSSR count). The summed E-state index contributed by atoms with van der Waals surface area (Å²) in [4.78, 5) is 6.43. The van der Waals surface area contributed by atoms with E-state index in [2.05, 4.69) is 32.1 Å². The zero-order valence-corrected chi connectivity index (χ0v) is 17.8. The largest absolute Gasteiger partial charge is 0.573 e. The zero-order chi connectivity index (χ0) is 19.7. The van der Waals surface area contributed by atoms with Crippen molar-refractivity contribution < 1.29 is 17.9 Å². The van der Waals surface area contributed by atoms with Crippen LogP contribution in [0.15, 0.2) is 59.6 Å². The van der Waals surface area contributed by atoms with Gasteiger partial charge in [0.1, 0.15) is 5.75 Å². The highest BCUT2D eigenvalue weighted by molar-refractivity contribution is 14.0. The summed E-state index contributed by atoms with van der Waals surface area (Å²) in [5.41, 5.74) is 7.59. The van der Waals surface area contributed by atoms with Crippen molar-refractivity contribution in [1.82, 2.24) is 4.90 Å². The molecule has 2 aromatic rings. The molecule has 0 heterocycles. The lowest BCUT2D eigenvalue weighted by Crippen LogP contribution is -2.24. The molecular weight excluding hydrogens is 484 g/mol. The van der Waals surface area contributed by atoms with E-state index in [9.17, 15) is 13.2 Å². The maximum atomic E-state index is 12.1. The molecule has 0 saturated carbocycles. The number of anilines is 1. The molecule has 5 nitrogen and oxygen atoms in total. The van der Waals surface area contributed by atoms with Crippen LogP contribution in [0.25, 0.3) is 0 Å². The van der Waals surface area contributed by atoms with Gasteiger partial charge in [-0.25, -0.2) is 0 Å². The average molecular weight is 508 g/mol. The molecule has 0 radical (unpaired) electrons. The van der Waals surface area contributed by atoms with Crippen LogP contribution in [0.4, 0.5) is 18.9 Å². The molecule has 9 heteroatoms. The number of guanidine groups is 1. The number of benzene rings is 2. The van der Waals surface area contributed by atoms with Crippen LogP contribution in [0.5, 0.6) is 5.75 Å². The molecular formula is C19H24F3IN4O. The highest BCUT2D eigenvalue weighted by Gasteiger charge is 2.30. The molecule has 3 N–H and O–H groups in total. The molecule has 0 aromatic heterocycles. The highest BCUT2D eigenvalue weighted by Crippen LogP contribution is 2.23. The quantitative estimate of drug-likeness (QED) is 0.240. The lowest BCUT2D eigenvalue weighted by atomic mass is 10.2. The van der Waals surface area contributed by atoms with Crippen LogP contribution in [0.1, 0.15) is 12.0 Å². The number of alkyl halides is 3. The van der Waals surface area contributed by atoms with Crippen molar-refractivity contribution in [1.29, 1.82) is 0 Å². The summed E-state index contributed by atoms with van der Waals surface area (Å²) in [6.45, 7) is 2.28. The molecule has 0 atom stereocenters. The van der Waals surface area contributed by atoms with E-state index in [1.807, 2.05) is 25.2 Å². The minimum absolute atomic E-state index is 0. The summed E-state index contributed by atoms with van der Waals surface area (Å²) >= 11 is 0. The molecule has 154 valence electrons. The van der Waals surface area contributed by atoms with Crippen molar-refractivity contribution in [2.45, 2.75) is 19.3 Å². The second kappa shape index (κ2) is 11.7. The van der Waals surface area contributed by atoms with Crippen LogP contribution in [-0.2, 0) is 6.54 Å². The lowest BCUT2D eigenvalue weighted by molar-refractivity contribution is -0.274. The van der Waals surface area contributed by atoms with Crippen molar-refractivity contribution in [3.63, 3.8) is 0 Å². The van der Waals surface area contributed by atoms with E-state index in [0.717, 1.165) is 19.5 Å². The third-order valence-electron chi connectivity index (χ3n) is 3.64. The molecule has 0 amide bonds. The van der Waals surface area contributed by atoms with E-state index in [-0.39, 0.29) is 35.7 Å². The van der Waals surface area contributed by atoms with Gasteiger partial charge >= 0.3 is 6.36 Å². The predicted octanol–water partition coefficient (Wildman–Crippen LogP) is 4.45. The Hall–Kier alpha value is -2.01. The highest BCUT2D eigenvalue weighted by atomic mass is 127. The number of nitrogens with one attached hydrogen (secondary N) is 1. The second-order valence-corrected chi connectivity index (χ2v) is 6.04. The Bertz CT molecular complexity index is 724. The number of hydrogen-bond acceptors (Lipinski definition) is 3. The van der Waals surface area contributed by atoms with Gasteiger partial charge in [-0.05, 0) is 49.8 Å². The van der Waals surface area contributed by atoms with Gasteiger partial charge in [0.2, 0.25) is 0 Å². The van der Waals surface area contributed by atoms with Crippen molar-refractivity contribution >= 4 is 35.6 Å². The number of rotatable bonds is 8. The van der Waals surface area contributed by atoms with Gasteiger partial charge in [0.05, 0.1) is 0 Å². The molecule has 0 saturated heterocycles. The fourth-order valence-electron chi connectivity index (χ4n) is 2.44. The van der Waals surface area contributed by atoms with E-state index in [0.29, 0.717) is 12.2 Å². The van der Waals surface area contributed by atoms with Crippen molar-refractivity contribution in [2.75, 3.05) is 25.5 Å². The third-order valence-corrected chi connectivity index (χ3v) is 3.64. The first-order valence-electron chi connectivity index (χ1n) is 8.47. The Labute approximate surface area is 179 Å². The van der Waals surface area contributed by atoms with E-state index < -0.39 is 6.36 Å². The van der Waals surface area contributed by atoms with E-state index in [1.54, 1.807) is 0 Å². The first kappa shape index (κ1) is 24.0. The van der Waals surface area contributed by atoms with Gasteiger partial charge in [0.25, 0.3) is 0 Å². The Balaban J connectivity index is 0.00000392. The fraction of sp³-hybridized carbons (Fsp3) is 0.316. The summed E-state index contributed by atoms with van der Waals surface area (Å²) in [5, 5.41) is 2.84.